The fourth-order valence-corrected chi connectivity index (χ4v) is 2.47. The van der Waals surface area contributed by atoms with Crippen LogP contribution in [0, 0.1) is 6.92 Å². The van der Waals surface area contributed by atoms with Crippen LogP contribution in [0.3, 0.4) is 0 Å². The molecule has 0 saturated heterocycles. The molecular formula is C13H15N3S2. The van der Waals surface area contributed by atoms with Crippen molar-refractivity contribution in [2.75, 3.05) is 11.9 Å². The molecule has 1 aromatic heterocycles. The quantitative estimate of drug-likeness (QED) is 0.843. The lowest BCUT2D eigenvalue weighted by Gasteiger charge is -2.09. The van der Waals surface area contributed by atoms with Gasteiger partial charge in [0.15, 0.2) is 5.11 Å². The van der Waals surface area contributed by atoms with Crippen LogP contribution in [0.4, 0.5) is 5.69 Å². The third kappa shape index (κ3) is 3.27. The van der Waals surface area contributed by atoms with E-state index in [2.05, 4.69) is 33.1 Å². The van der Waals surface area contributed by atoms with Crippen LogP contribution in [0.25, 0.3) is 11.3 Å². The van der Waals surface area contributed by atoms with Crippen LogP contribution in [-0.2, 0) is 0 Å². The van der Waals surface area contributed by atoms with Crippen molar-refractivity contribution in [3.8, 4) is 11.3 Å². The van der Waals surface area contributed by atoms with Gasteiger partial charge in [0.25, 0.3) is 0 Å². The number of hydrogen-bond acceptors (Lipinski definition) is 3. The average molecular weight is 277 g/mol. The highest BCUT2D eigenvalue weighted by atomic mass is 32.1. The van der Waals surface area contributed by atoms with Gasteiger partial charge in [-0.05, 0) is 38.2 Å². The van der Waals surface area contributed by atoms with E-state index < -0.39 is 0 Å². The van der Waals surface area contributed by atoms with Crippen molar-refractivity contribution in [2.24, 2.45) is 0 Å². The molecule has 2 N–H and O–H groups in total. The molecule has 0 atom stereocenters. The second kappa shape index (κ2) is 5.93. The van der Waals surface area contributed by atoms with Crippen molar-refractivity contribution in [1.29, 1.82) is 0 Å². The van der Waals surface area contributed by atoms with Gasteiger partial charge in [-0.25, -0.2) is 4.98 Å². The van der Waals surface area contributed by atoms with Gasteiger partial charge < -0.3 is 10.6 Å². The van der Waals surface area contributed by atoms with Gasteiger partial charge in [-0.1, -0.05) is 12.1 Å². The number of aryl methyl sites for hydroxylation is 1. The molecule has 0 aliphatic carbocycles. The van der Waals surface area contributed by atoms with Crippen LogP contribution in [0.1, 0.15) is 11.9 Å². The molecule has 0 aliphatic rings. The molecule has 1 aromatic carbocycles. The van der Waals surface area contributed by atoms with E-state index >= 15 is 0 Å². The number of anilines is 1. The summed E-state index contributed by atoms with van der Waals surface area (Å²) in [5.41, 5.74) is 3.09. The van der Waals surface area contributed by atoms with E-state index in [1.807, 2.05) is 26.0 Å². The predicted octanol–water partition coefficient (Wildman–Crippen LogP) is 3.42. The van der Waals surface area contributed by atoms with Crippen LogP contribution < -0.4 is 10.6 Å². The van der Waals surface area contributed by atoms with Crippen LogP contribution in [0.2, 0.25) is 0 Å². The summed E-state index contributed by atoms with van der Waals surface area (Å²) in [6, 6.07) is 8.10. The molecule has 0 bridgehead atoms. The molecule has 5 heteroatoms. The van der Waals surface area contributed by atoms with Crippen LogP contribution >= 0.6 is 23.6 Å². The number of thiocarbonyl (C=S) groups is 1. The lowest BCUT2D eigenvalue weighted by atomic mass is 10.1. The van der Waals surface area contributed by atoms with E-state index in [0.29, 0.717) is 5.11 Å². The Bertz CT molecular complexity index is 549. The van der Waals surface area contributed by atoms with Crippen molar-refractivity contribution < 1.29 is 0 Å². The van der Waals surface area contributed by atoms with Crippen molar-refractivity contribution in [2.45, 2.75) is 13.8 Å². The standard InChI is InChI=1S/C13H15N3S2/c1-3-14-13(17)16-11-6-4-5-10(7-11)12-8-18-9(2)15-12/h4-8H,3H2,1-2H3,(H2,14,16,17). The van der Waals surface area contributed by atoms with Crippen molar-refractivity contribution in [1.82, 2.24) is 10.3 Å². The summed E-state index contributed by atoms with van der Waals surface area (Å²) in [7, 11) is 0. The average Bonchev–Trinajstić information content (AvgIpc) is 2.76. The van der Waals surface area contributed by atoms with Crippen LogP contribution in [0.15, 0.2) is 29.6 Å². The van der Waals surface area contributed by atoms with Gasteiger partial charge in [-0.3, -0.25) is 0 Å². The second-order valence-electron chi connectivity index (χ2n) is 3.82. The Morgan fingerprint density at radius 3 is 2.94 bits per heavy atom. The highest BCUT2D eigenvalue weighted by Gasteiger charge is 2.03. The second-order valence-corrected chi connectivity index (χ2v) is 5.29. The van der Waals surface area contributed by atoms with Crippen LogP contribution in [0.5, 0.6) is 0 Å². The number of rotatable bonds is 3. The smallest absolute Gasteiger partial charge is 0.170 e. The highest BCUT2D eigenvalue weighted by Crippen LogP contribution is 2.24. The fourth-order valence-electron chi connectivity index (χ4n) is 1.59. The summed E-state index contributed by atoms with van der Waals surface area (Å²) < 4.78 is 0. The summed E-state index contributed by atoms with van der Waals surface area (Å²) in [4.78, 5) is 4.48. The minimum absolute atomic E-state index is 0.643. The number of benzene rings is 1. The molecule has 2 rings (SSSR count). The van der Waals surface area contributed by atoms with E-state index in [4.69, 9.17) is 12.2 Å². The molecular weight excluding hydrogens is 262 g/mol. The van der Waals surface area contributed by atoms with Crippen molar-refractivity contribution in [3.63, 3.8) is 0 Å². The van der Waals surface area contributed by atoms with E-state index in [9.17, 15) is 0 Å². The summed E-state index contributed by atoms with van der Waals surface area (Å²) in [6.07, 6.45) is 0. The third-order valence-electron chi connectivity index (χ3n) is 2.37. The van der Waals surface area contributed by atoms with E-state index in [0.717, 1.165) is 28.5 Å². The molecule has 2 aromatic rings. The predicted molar refractivity (Wildman–Crippen MR) is 82.2 cm³/mol. The molecule has 3 nitrogen and oxygen atoms in total. The van der Waals surface area contributed by atoms with E-state index in [1.54, 1.807) is 11.3 Å². The normalized spacial score (nSPS) is 10.1. The SMILES string of the molecule is CCNC(=S)Nc1cccc(-c2csc(C)n2)c1. The number of nitrogens with zero attached hydrogens (tertiary/aromatic N) is 1. The minimum atomic E-state index is 0.643. The maximum atomic E-state index is 5.16. The van der Waals surface area contributed by atoms with Gasteiger partial charge in [0, 0.05) is 23.2 Å². The van der Waals surface area contributed by atoms with Gasteiger partial charge in [-0.15, -0.1) is 11.3 Å². The van der Waals surface area contributed by atoms with Gasteiger partial charge in [0.2, 0.25) is 0 Å². The van der Waals surface area contributed by atoms with Gasteiger partial charge >= 0.3 is 0 Å². The highest BCUT2D eigenvalue weighted by molar-refractivity contribution is 7.80. The van der Waals surface area contributed by atoms with Gasteiger partial charge in [0.1, 0.15) is 0 Å². The first-order chi connectivity index (χ1) is 8.69. The number of thiazole rings is 1. The monoisotopic (exact) mass is 277 g/mol. The lowest BCUT2D eigenvalue weighted by molar-refractivity contribution is 0.979. The molecule has 0 aliphatic heterocycles. The molecule has 18 heavy (non-hydrogen) atoms. The van der Waals surface area contributed by atoms with Gasteiger partial charge in [0.05, 0.1) is 10.7 Å². The Kier molecular flexibility index (Phi) is 4.28. The molecule has 0 fully saturated rings. The summed E-state index contributed by atoms with van der Waals surface area (Å²) in [5.74, 6) is 0. The summed E-state index contributed by atoms with van der Waals surface area (Å²) in [5, 5.41) is 10.0. The number of hydrogen-bond donors (Lipinski definition) is 2. The molecule has 1 heterocycles. The largest absolute Gasteiger partial charge is 0.363 e. The molecule has 0 radical (unpaired) electrons. The topological polar surface area (TPSA) is 37.0 Å². The molecule has 0 amide bonds. The maximum absolute atomic E-state index is 5.16. The Morgan fingerprint density at radius 2 is 2.28 bits per heavy atom. The van der Waals surface area contributed by atoms with Crippen molar-refractivity contribution in [3.05, 3.63) is 34.7 Å². The van der Waals surface area contributed by atoms with Crippen LogP contribution in [-0.4, -0.2) is 16.6 Å². The lowest BCUT2D eigenvalue weighted by Crippen LogP contribution is -2.27. The number of aromatic nitrogens is 1. The Morgan fingerprint density at radius 1 is 1.44 bits per heavy atom. The zero-order valence-electron chi connectivity index (χ0n) is 10.4. The Balaban J connectivity index is 2.17. The first-order valence-electron chi connectivity index (χ1n) is 5.76. The molecule has 94 valence electrons. The fraction of sp³-hybridized carbons (Fsp3) is 0.231. The number of nitrogens with one attached hydrogen (secondary N) is 2. The zero-order valence-corrected chi connectivity index (χ0v) is 12.0. The molecule has 0 unspecified atom stereocenters. The minimum Gasteiger partial charge on any atom is -0.363 e. The molecule has 0 saturated carbocycles. The maximum Gasteiger partial charge on any atom is 0.170 e. The molecule has 0 spiro atoms. The first-order valence-corrected chi connectivity index (χ1v) is 7.05. The third-order valence-corrected chi connectivity index (χ3v) is 3.39. The van der Waals surface area contributed by atoms with Crippen molar-refractivity contribution >= 4 is 34.4 Å². The first kappa shape index (κ1) is 13.0. The zero-order chi connectivity index (χ0) is 13.0. The Hall–Kier alpha value is -1.46. The summed E-state index contributed by atoms with van der Waals surface area (Å²) in [6.45, 7) is 4.84. The van der Waals surface area contributed by atoms with E-state index in [-0.39, 0.29) is 0 Å². The van der Waals surface area contributed by atoms with Gasteiger partial charge in [-0.2, -0.15) is 0 Å². The Labute approximate surface area is 116 Å². The van der Waals surface area contributed by atoms with E-state index in [1.165, 1.54) is 0 Å². The summed E-state index contributed by atoms with van der Waals surface area (Å²) >= 11 is 6.82.